The molecule has 2 aliphatic rings. The number of aliphatic hydroxyl groups is 1. The number of alkyl halides is 3. The van der Waals surface area contributed by atoms with Crippen LogP contribution in [0.3, 0.4) is 0 Å². The first-order valence-electron chi connectivity index (χ1n) is 13.5. The number of ether oxygens (including phenoxy) is 2. The summed E-state index contributed by atoms with van der Waals surface area (Å²) < 4.78 is 51.2. The number of carbonyl (C=O) groups is 2. The SMILES string of the molecule is CCC1(CC)CC(=O)N(C(CCOC)c2cccc(C(=O)NC3c4ccccc4OC(C(F)(F)F)C3O)c2)C(N)=N1. The molecule has 2 amide bonds. The van der Waals surface area contributed by atoms with Gasteiger partial charge in [0.1, 0.15) is 11.9 Å². The summed E-state index contributed by atoms with van der Waals surface area (Å²) >= 11 is 0. The summed E-state index contributed by atoms with van der Waals surface area (Å²) in [5, 5.41) is 13.2. The van der Waals surface area contributed by atoms with Crippen LogP contribution in [0, 0.1) is 0 Å². The lowest BCUT2D eigenvalue weighted by atomic mass is 9.87. The molecule has 2 aliphatic heterocycles. The predicted molar refractivity (Wildman–Crippen MR) is 145 cm³/mol. The first-order valence-corrected chi connectivity index (χ1v) is 13.5. The monoisotopic (exact) mass is 576 g/mol. The largest absolute Gasteiger partial charge is 0.478 e. The molecular formula is C29H35F3N4O5. The van der Waals surface area contributed by atoms with Crippen LogP contribution >= 0.6 is 0 Å². The Bertz CT molecular complexity index is 1300. The van der Waals surface area contributed by atoms with Crippen molar-refractivity contribution in [2.45, 2.75) is 75.5 Å². The third-order valence-electron chi connectivity index (χ3n) is 7.87. The number of nitrogens with one attached hydrogen (secondary N) is 1. The van der Waals surface area contributed by atoms with Crippen LogP contribution in [0.25, 0.3) is 0 Å². The van der Waals surface area contributed by atoms with Gasteiger partial charge in [-0.1, -0.05) is 44.2 Å². The molecule has 0 saturated carbocycles. The summed E-state index contributed by atoms with van der Waals surface area (Å²) in [4.78, 5) is 32.9. The smallest absolute Gasteiger partial charge is 0.428 e. The standard InChI is InChI=1S/C29H35F3N4O5/c1-4-28(5-2)16-22(37)36(27(33)35-28)20(13-14-40-3)17-9-8-10-18(15-17)26(39)34-23-19-11-6-7-12-21(19)41-25(24(23)38)29(30,31)32/h6-12,15,20,23-25,38H,4-5,13-14,16H2,1-3H3,(H2,33,35)(H,34,39). The van der Waals surface area contributed by atoms with E-state index in [4.69, 9.17) is 15.2 Å². The lowest BCUT2D eigenvalue weighted by molar-refractivity contribution is -0.228. The highest BCUT2D eigenvalue weighted by molar-refractivity contribution is 6.00. The molecule has 0 fully saturated rings. The number of methoxy groups -OCH3 is 1. The van der Waals surface area contributed by atoms with Gasteiger partial charge >= 0.3 is 6.18 Å². The predicted octanol–water partition coefficient (Wildman–Crippen LogP) is 4.03. The van der Waals surface area contributed by atoms with E-state index in [2.05, 4.69) is 10.3 Å². The summed E-state index contributed by atoms with van der Waals surface area (Å²) in [6.07, 6.45) is -7.61. The molecule has 0 spiro atoms. The van der Waals surface area contributed by atoms with Crippen molar-refractivity contribution < 1.29 is 37.3 Å². The van der Waals surface area contributed by atoms with E-state index in [0.29, 0.717) is 24.8 Å². The van der Waals surface area contributed by atoms with Gasteiger partial charge < -0.3 is 25.6 Å². The van der Waals surface area contributed by atoms with Crippen LogP contribution in [0.5, 0.6) is 5.75 Å². The van der Waals surface area contributed by atoms with Crippen molar-refractivity contribution in [1.29, 1.82) is 0 Å². The fourth-order valence-electron chi connectivity index (χ4n) is 5.44. The molecule has 0 bridgehead atoms. The van der Waals surface area contributed by atoms with Crippen LogP contribution in [0.1, 0.15) is 73.1 Å². The van der Waals surface area contributed by atoms with Gasteiger partial charge in [0.25, 0.3) is 5.91 Å². The number of halogens is 3. The number of aliphatic hydroxyl groups excluding tert-OH is 1. The van der Waals surface area contributed by atoms with Gasteiger partial charge in [-0.15, -0.1) is 0 Å². The number of benzene rings is 2. The minimum Gasteiger partial charge on any atom is -0.478 e. The van der Waals surface area contributed by atoms with E-state index < -0.39 is 41.9 Å². The van der Waals surface area contributed by atoms with Crippen LogP contribution in [-0.4, -0.2) is 65.4 Å². The van der Waals surface area contributed by atoms with Crippen molar-refractivity contribution in [2.75, 3.05) is 13.7 Å². The maximum absolute atomic E-state index is 13.6. The molecule has 2 aromatic carbocycles. The molecular weight excluding hydrogens is 541 g/mol. The third kappa shape index (κ3) is 6.18. The third-order valence-corrected chi connectivity index (χ3v) is 7.87. The van der Waals surface area contributed by atoms with E-state index in [0.717, 1.165) is 0 Å². The van der Waals surface area contributed by atoms with Crippen LogP contribution in [0.15, 0.2) is 53.5 Å². The Balaban J connectivity index is 1.65. The van der Waals surface area contributed by atoms with E-state index in [-0.39, 0.29) is 41.8 Å². The molecule has 2 aromatic rings. The number of aliphatic imine (C=N–C) groups is 1. The molecule has 4 rings (SSSR count). The molecule has 2 heterocycles. The number of fused-ring (bicyclic) bond motifs is 1. The lowest BCUT2D eigenvalue weighted by Gasteiger charge is -2.40. The summed E-state index contributed by atoms with van der Waals surface area (Å²) in [6.45, 7) is 4.20. The highest BCUT2D eigenvalue weighted by atomic mass is 19.4. The van der Waals surface area contributed by atoms with E-state index in [1.54, 1.807) is 24.3 Å². The lowest BCUT2D eigenvalue weighted by Crippen LogP contribution is -2.53. The van der Waals surface area contributed by atoms with E-state index in [1.165, 1.54) is 36.3 Å². The number of hydrogen-bond acceptors (Lipinski definition) is 7. The highest BCUT2D eigenvalue weighted by Crippen LogP contribution is 2.41. The summed E-state index contributed by atoms with van der Waals surface area (Å²) in [5.41, 5.74) is 6.69. The van der Waals surface area contributed by atoms with Crippen LogP contribution in [-0.2, 0) is 9.53 Å². The van der Waals surface area contributed by atoms with Crippen molar-refractivity contribution >= 4 is 17.8 Å². The number of guanidine groups is 1. The van der Waals surface area contributed by atoms with Crippen LogP contribution in [0.4, 0.5) is 13.2 Å². The summed E-state index contributed by atoms with van der Waals surface area (Å²) in [6, 6.07) is 10.3. The van der Waals surface area contributed by atoms with Crippen molar-refractivity contribution in [2.24, 2.45) is 10.7 Å². The molecule has 41 heavy (non-hydrogen) atoms. The summed E-state index contributed by atoms with van der Waals surface area (Å²) in [5.74, 6) is -0.896. The van der Waals surface area contributed by atoms with Gasteiger partial charge in [-0.25, -0.2) is 4.99 Å². The minimum absolute atomic E-state index is 0.0765. The fourth-order valence-corrected chi connectivity index (χ4v) is 5.44. The molecule has 4 atom stereocenters. The molecule has 222 valence electrons. The zero-order chi connectivity index (χ0) is 29.9. The Morgan fingerprint density at radius 2 is 1.95 bits per heavy atom. The van der Waals surface area contributed by atoms with Gasteiger partial charge in [-0.3, -0.25) is 14.5 Å². The van der Waals surface area contributed by atoms with E-state index >= 15 is 0 Å². The molecule has 0 radical (unpaired) electrons. The van der Waals surface area contributed by atoms with Gasteiger partial charge in [0, 0.05) is 24.8 Å². The summed E-state index contributed by atoms with van der Waals surface area (Å²) in [7, 11) is 1.53. The molecule has 4 N–H and O–H groups in total. The number of amides is 2. The number of carbonyl (C=O) groups excluding carboxylic acids is 2. The number of rotatable bonds is 9. The Labute approximate surface area is 236 Å². The first kappa shape index (κ1) is 30.3. The molecule has 0 saturated heterocycles. The maximum Gasteiger partial charge on any atom is 0.428 e. The van der Waals surface area contributed by atoms with E-state index in [9.17, 15) is 27.9 Å². The Morgan fingerprint density at radius 3 is 2.59 bits per heavy atom. The van der Waals surface area contributed by atoms with Gasteiger partial charge in [-0.2, -0.15) is 13.2 Å². The fraction of sp³-hybridized carbons (Fsp3) is 0.483. The number of nitrogens with two attached hydrogens (primary N) is 1. The first-order chi connectivity index (χ1) is 19.4. The zero-order valence-electron chi connectivity index (χ0n) is 23.1. The van der Waals surface area contributed by atoms with E-state index in [1.807, 2.05) is 13.8 Å². The second kappa shape index (κ2) is 12.1. The second-order valence-electron chi connectivity index (χ2n) is 10.3. The van der Waals surface area contributed by atoms with Gasteiger partial charge in [-0.05, 0) is 43.0 Å². The van der Waals surface area contributed by atoms with Gasteiger partial charge in [0.15, 0.2) is 5.96 Å². The van der Waals surface area contributed by atoms with Crippen molar-refractivity contribution in [3.63, 3.8) is 0 Å². The van der Waals surface area contributed by atoms with Crippen molar-refractivity contribution in [3.05, 3.63) is 65.2 Å². The Hall–Kier alpha value is -3.64. The maximum atomic E-state index is 13.6. The second-order valence-corrected chi connectivity index (χ2v) is 10.3. The molecule has 4 unspecified atom stereocenters. The van der Waals surface area contributed by atoms with Crippen molar-refractivity contribution in [1.82, 2.24) is 10.2 Å². The van der Waals surface area contributed by atoms with Gasteiger partial charge in [0.05, 0.1) is 24.0 Å². The van der Waals surface area contributed by atoms with Crippen LogP contribution in [0.2, 0.25) is 0 Å². The average molecular weight is 577 g/mol. The van der Waals surface area contributed by atoms with Gasteiger partial charge in [0.2, 0.25) is 12.0 Å². The zero-order valence-corrected chi connectivity index (χ0v) is 23.1. The molecule has 0 aliphatic carbocycles. The van der Waals surface area contributed by atoms with Crippen LogP contribution < -0.4 is 15.8 Å². The number of nitrogens with zero attached hydrogens (tertiary/aromatic N) is 2. The Kier molecular flexibility index (Phi) is 8.93. The molecule has 9 nitrogen and oxygen atoms in total. The topological polar surface area (TPSA) is 126 Å². The number of para-hydroxylation sites is 1. The Morgan fingerprint density at radius 1 is 1.24 bits per heavy atom. The molecule has 0 aromatic heterocycles. The number of hydrogen-bond donors (Lipinski definition) is 3. The average Bonchev–Trinajstić information content (AvgIpc) is 2.95. The normalized spacial score (nSPS) is 22.8. The highest BCUT2D eigenvalue weighted by Gasteiger charge is 2.52. The minimum atomic E-state index is -4.86. The molecule has 12 heteroatoms. The quantitative estimate of drug-likeness (QED) is 0.414. The van der Waals surface area contributed by atoms with Crippen molar-refractivity contribution in [3.8, 4) is 5.75 Å².